The molecule has 1 aliphatic heterocycles. The van der Waals surface area contributed by atoms with E-state index in [-0.39, 0.29) is 17.9 Å². The summed E-state index contributed by atoms with van der Waals surface area (Å²) in [6, 6.07) is -0.325. The number of carbonyl (C=O) groups excluding carboxylic acids is 2. The molecule has 2 amide bonds. The Balaban J connectivity index is 2.12. The number of piperazine rings is 1. The molecule has 20 heavy (non-hydrogen) atoms. The van der Waals surface area contributed by atoms with Gasteiger partial charge >= 0.3 is 0 Å². The second kappa shape index (κ2) is 6.49. The Morgan fingerprint density at radius 2 is 2.30 bits per heavy atom. The summed E-state index contributed by atoms with van der Waals surface area (Å²) in [5.41, 5.74) is 0.946. The van der Waals surface area contributed by atoms with Crippen molar-refractivity contribution in [3.8, 4) is 0 Å². The lowest BCUT2D eigenvalue weighted by atomic mass is 10.1. The van der Waals surface area contributed by atoms with Crippen LogP contribution >= 0.6 is 23.6 Å². The lowest BCUT2D eigenvalue weighted by Gasteiger charge is -2.35. The number of aromatic nitrogens is 1. The molecule has 0 saturated carbocycles. The monoisotopic (exact) mass is 313 g/mol. The lowest BCUT2D eigenvalue weighted by molar-refractivity contribution is -0.143. The number of nitrogens with one attached hydrogen (secondary N) is 2. The number of thiazole rings is 1. The molecule has 2 heterocycles. The maximum atomic E-state index is 12.5. The first-order valence-corrected chi connectivity index (χ1v) is 8.01. The molecule has 7 heteroatoms. The highest BCUT2D eigenvalue weighted by Gasteiger charge is 2.32. The molecule has 1 aromatic rings. The summed E-state index contributed by atoms with van der Waals surface area (Å²) in [6.45, 7) is 5.06. The van der Waals surface area contributed by atoms with Crippen LogP contribution in [0.2, 0.25) is 0 Å². The van der Waals surface area contributed by atoms with Crippen LogP contribution in [0.4, 0.5) is 0 Å². The molecule has 1 saturated heterocycles. The van der Waals surface area contributed by atoms with Crippen LogP contribution in [0.25, 0.3) is 0 Å². The standard InChI is InChI=1S/C13H19N3O2S2/c1-3-4-9-12(18)14-5-6-16(9)11(17)7-10-8(2)15-13(19)20-10/h9H,3-7H2,1-2H3,(H,14,18)(H,15,19). The number of carbonyl (C=O) groups is 2. The Hall–Kier alpha value is -1.21. The number of nitrogens with zero attached hydrogens (tertiary/aromatic N) is 1. The molecule has 0 aromatic carbocycles. The van der Waals surface area contributed by atoms with Gasteiger partial charge in [0.1, 0.15) is 6.04 Å². The van der Waals surface area contributed by atoms with Crippen LogP contribution in [0, 0.1) is 10.9 Å². The van der Waals surface area contributed by atoms with E-state index < -0.39 is 0 Å². The van der Waals surface area contributed by atoms with Gasteiger partial charge in [0.05, 0.1) is 6.42 Å². The molecule has 0 bridgehead atoms. The van der Waals surface area contributed by atoms with Gasteiger partial charge in [0, 0.05) is 23.7 Å². The van der Waals surface area contributed by atoms with E-state index in [0.29, 0.717) is 29.9 Å². The van der Waals surface area contributed by atoms with Gasteiger partial charge in [0.2, 0.25) is 11.8 Å². The molecule has 1 atom stereocenters. The third-order valence-electron chi connectivity index (χ3n) is 3.45. The normalized spacial score (nSPS) is 19.0. The Bertz CT molecular complexity index is 564. The van der Waals surface area contributed by atoms with Crippen molar-refractivity contribution in [3.05, 3.63) is 14.5 Å². The molecule has 5 nitrogen and oxygen atoms in total. The van der Waals surface area contributed by atoms with Crippen molar-refractivity contribution >= 4 is 35.4 Å². The highest BCUT2D eigenvalue weighted by molar-refractivity contribution is 7.73. The molecular weight excluding hydrogens is 294 g/mol. The van der Waals surface area contributed by atoms with Crippen LogP contribution in [0.1, 0.15) is 30.3 Å². The van der Waals surface area contributed by atoms with Crippen molar-refractivity contribution in [3.63, 3.8) is 0 Å². The molecular formula is C13H19N3O2S2. The number of rotatable bonds is 4. The average molecular weight is 313 g/mol. The third-order valence-corrected chi connectivity index (χ3v) is 4.79. The highest BCUT2D eigenvalue weighted by atomic mass is 32.1. The second-order valence-electron chi connectivity index (χ2n) is 4.92. The van der Waals surface area contributed by atoms with Gasteiger partial charge in [0.25, 0.3) is 0 Å². The first kappa shape index (κ1) is 15.2. The van der Waals surface area contributed by atoms with Crippen LogP contribution in [0.3, 0.4) is 0 Å². The molecule has 1 aromatic heterocycles. The summed E-state index contributed by atoms with van der Waals surface area (Å²) in [4.78, 5) is 30.1. The number of H-pyrrole nitrogens is 1. The van der Waals surface area contributed by atoms with Crippen LogP contribution in [0.5, 0.6) is 0 Å². The van der Waals surface area contributed by atoms with Gasteiger partial charge in [0.15, 0.2) is 3.95 Å². The van der Waals surface area contributed by atoms with Crippen molar-refractivity contribution < 1.29 is 9.59 Å². The van der Waals surface area contributed by atoms with Crippen molar-refractivity contribution in [1.82, 2.24) is 15.2 Å². The van der Waals surface area contributed by atoms with Crippen LogP contribution in [-0.4, -0.2) is 40.8 Å². The maximum Gasteiger partial charge on any atom is 0.242 e. The second-order valence-corrected chi connectivity index (χ2v) is 6.69. The number of amides is 2. The highest BCUT2D eigenvalue weighted by Crippen LogP contribution is 2.18. The topological polar surface area (TPSA) is 65.2 Å². The molecule has 0 radical (unpaired) electrons. The smallest absolute Gasteiger partial charge is 0.242 e. The number of aromatic amines is 1. The Morgan fingerprint density at radius 1 is 1.55 bits per heavy atom. The van der Waals surface area contributed by atoms with E-state index in [1.165, 1.54) is 11.3 Å². The zero-order chi connectivity index (χ0) is 14.7. The van der Waals surface area contributed by atoms with Crippen molar-refractivity contribution in [2.45, 2.75) is 39.2 Å². The molecule has 1 fully saturated rings. The van der Waals surface area contributed by atoms with E-state index >= 15 is 0 Å². The fraction of sp³-hybridized carbons (Fsp3) is 0.615. The largest absolute Gasteiger partial charge is 0.353 e. The Kier molecular flexibility index (Phi) is 4.93. The van der Waals surface area contributed by atoms with Gasteiger partial charge in [-0.05, 0) is 25.6 Å². The van der Waals surface area contributed by atoms with Gasteiger partial charge < -0.3 is 15.2 Å². The molecule has 0 aliphatic carbocycles. The van der Waals surface area contributed by atoms with E-state index in [4.69, 9.17) is 12.2 Å². The molecule has 2 rings (SSSR count). The van der Waals surface area contributed by atoms with E-state index in [9.17, 15) is 9.59 Å². The van der Waals surface area contributed by atoms with E-state index in [2.05, 4.69) is 10.3 Å². The first-order valence-electron chi connectivity index (χ1n) is 6.78. The average Bonchev–Trinajstić information content (AvgIpc) is 2.70. The minimum atomic E-state index is -0.325. The minimum absolute atomic E-state index is 0.00616. The van der Waals surface area contributed by atoms with Gasteiger partial charge in [-0.3, -0.25) is 9.59 Å². The van der Waals surface area contributed by atoms with E-state index in [1.807, 2.05) is 13.8 Å². The molecule has 0 spiro atoms. The summed E-state index contributed by atoms with van der Waals surface area (Å²) >= 11 is 6.52. The minimum Gasteiger partial charge on any atom is -0.353 e. The van der Waals surface area contributed by atoms with E-state index in [1.54, 1.807) is 4.90 Å². The predicted molar refractivity (Wildman–Crippen MR) is 81.4 cm³/mol. The quantitative estimate of drug-likeness (QED) is 0.833. The van der Waals surface area contributed by atoms with Gasteiger partial charge in [-0.25, -0.2) is 0 Å². The summed E-state index contributed by atoms with van der Waals surface area (Å²) in [6.07, 6.45) is 1.90. The third kappa shape index (κ3) is 3.27. The number of hydrogen-bond acceptors (Lipinski definition) is 4. The SMILES string of the molecule is CCCC1C(=O)NCCN1C(=O)Cc1sc(=S)[nH]c1C. The lowest BCUT2D eigenvalue weighted by Crippen LogP contribution is -2.57. The maximum absolute atomic E-state index is 12.5. The Morgan fingerprint density at radius 3 is 2.90 bits per heavy atom. The van der Waals surface area contributed by atoms with Gasteiger partial charge in [-0.1, -0.05) is 13.3 Å². The van der Waals surface area contributed by atoms with Crippen LogP contribution < -0.4 is 5.32 Å². The summed E-state index contributed by atoms with van der Waals surface area (Å²) in [5, 5.41) is 2.83. The van der Waals surface area contributed by atoms with E-state index in [0.717, 1.165) is 17.0 Å². The first-order chi connectivity index (χ1) is 9.52. The summed E-state index contributed by atoms with van der Waals surface area (Å²) < 4.78 is 0.687. The molecule has 2 N–H and O–H groups in total. The summed E-state index contributed by atoms with van der Waals surface area (Å²) in [7, 11) is 0. The number of aryl methyl sites for hydroxylation is 1. The Labute approximate surface area is 127 Å². The number of hydrogen-bond donors (Lipinski definition) is 2. The van der Waals surface area contributed by atoms with Crippen LogP contribution in [-0.2, 0) is 16.0 Å². The fourth-order valence-electron chi connectivity index (χ4n) is 2.42. The summed E-state index contributed by atoms with van der Waals surface area (Å²) in [5.74, 6) is -0.0310. The van der Waals surface area contributed by atoms with Crippen molar-refractivity contribution in [2.75, 3.05) is 13.1 Å². The zero-order valence-electron chi connectivity index (χ0n) is 11.7. The zero-order valence-corrected chi connectivity index (χ0v) is 13.3. The van der Waals surface area contributed by atoms with Crippen molar-refractivity contribution in [1.29, 1.82) is 0 Å². The molecule has 1 aliphatic rings. The van der Waals surface area contributed by atoms with Gasteiger partial charge in [-0.2, -0.15) is 0 Å². The predicted octanol–water partition coefficient (Wildman–Crippen LogP) is 1.78. The van der Waals surface area contributed by atoms with Crippen LogP contribution in [0.15, 0.2) is 0 Å². The fourth-order valence-corrected chi connectivity index (χ4v) is 3.70. The molecule has 1 unspecified atom stereocenters. The van der Waals surface area contributed by atoms with Crippen molar-refractivity contribution in [2.24, 2.45) is 0 Å². The molecule has 110 valence electrons. The van der Waals surface area contributed by atoms with Gasteiger partial charge in [-0.15, -0.1) is 11.3 Å².